The van der Waals surface area contributed by atoms with Crippen LogP contribution in [-0.2, 0) is 9.53 Å². The van der Waals surface area contributed by atoms with Crippen molar-refractivity contribution in [3.05, 3.63) is 59.2 Å². The number of rotatable bonds is 1. The predicted molar refractivity (Wildman–Crippen MR) is 72.6 cm³/mol. The van der Waals surface area contributed by atoms with E-state index in [0.717, 1.165) is 24.8 Å². The van der Waals surface area contributed by atoms with Crippen LogP contribution in [0.1, 0.15) is 30.7 Å². The number of ether oxygens (including phenoxy) is 1. The van der Waals surface area contributed by atoms with E-state index in [-0.39, 0.29) is 18.0 Å². The number of esters is 1. The van der Waals surface area contributed by atoms with Gasteiger partial charge in [-0.3, -0.25) is 0 Å². The van der Waals surface area contributed by atoms with Gasteiger partial charge in [0.2, 0.25) is 0 Å². The fourth-order valence-electron chi connectivity index (χ4n) is 3.63. The lowest BCUT2D eigenvalue weighted by Gasteiger charge is -2.10. The van der Waals surface area contributed by atoms with Crippen LogP contribution in [0.2, 0.25) is 0 Å². The minimum atomic E-state index is -0.0940. The first kappa shape index (κ1) is 11.0. The summed E-state index contributed by atoms with van der Waals surface area (Å²) in [5.74, 6) is 0.463. The summed E-state index contributed by atoms with van der Waals surface area (Å²) in [7, 11) is 0. The van der Waals surface area contributed by atoms with Gasteiger partial charge in [0.15, 0.2) is 0 Å². The van der Waals surface area contributed by atoms with Crippen LogP contribution in [-0.4, -0.2) is 12.1 Å². The molecule has 0 bridgehead atoms. The smallest absolute Gasteiger partial charge is 0.334 e. The highest BCUT2D eigenvalue weighted by molar-refractivity contribution is 5.93. The zero-order valence-corrected chi connectivity index (χ0v) is 10.7. The molecule has 1 saturated heterocycles. The highest BCUT2D eigenvalue weighted by atomic mass is 16.6. The van der Waals surface area contributed by atoms with Crippen LogP contribution < -0.4 is 0 Å². The zero-order chi connectivity index (χ0) is 12.8. The van der Waals surface area contributed by atoms with Gasteiger partial charge >= 0.3 is 5.97 Å². The van der Waals surface area contributed by atoms with E-state index in [1.165, 1.54) is 11.1 Å². The Morgan fingerprint density at radius 2 is 2.00 bits per heavy atom. The summed E-state index contributed by atoms with van der Waals surface area (Å²) < 4.78 is 5.49. The Balaban J connectivity index is 1.78. The Bertz CT molecular complexity index is 583. The fourth-order valence-corrected chi connectivity index (χ4v) is 3.63. The van der Waals surface area contributed by atoms with Gasteiger partial charge < -0.3 is 4.74 Å². The molecule has 0 amide bonds. The number of carbonyl (C=O) groups is 1. The predicted octanol–water partition coefficient (Wildman–Crippen LogP) is 3.36. The van der Waals surface area contributed by atoms with Crippen LogP contribution >= 0.6 is 0 Å². The zero-order valence-electron chi connectivity index (χ0n) is 10.7. The quantitative estimate of drug-likeness (QED) is 0.566. The third-order valence-electron chi connectivity index (χ3n) is 4.56. The van der Waals surface area contributed by atoms with Gasteiger partial charge in [-0.25, -0.2) is 4.79 Å². The van der Waals surface area contributed by atoms with Gasteiger partial charge in [-0.2, -0.15) is 0 Å². The average molecular weight is 252 g/mol. The highest BCUT2D eigenvalue weighted by Crippen LogP contribution is 2.47. The van der Waals surface area contributed by atoms with E-state index in [9.17, 15) is 4.79 Å². The molecule has 2 nitrogen and oxygen atoms in total. The minimum absolute atomic E-state index is 0.0940. The molecule has 0 spiro atoms. The molecule has 2 heteroatoms. The minimum Gasteiger partial charge on any atom is -0.458 e. The second-order valence-electron chi connectivity index (χ2n) is 5.61. The first-order chi connectivity index (χ1) is 9.33. The monoisotopic (exact) mass is 252 g/mol. The van der Waals surface area contributed by atoms with Crippen LogP contribution in [0.25, 0.3) is 0 Å². The molecule has 96 valence electrons. The van der Waals surface area contributed by atoms with Crippen LogP contribution in [0.5, 0.6) is 0 Å². The molecule has 4 rings (SSSR count). The molecule has 19 heavy (non-hydrogen) atoms. The normalized spacial score (nSPS) is 32.2. The number of hydrogen-bond donors (Lipinski definition) is 0. The summed E-state index contributed by atoms with van der Waals surface area (Å²) in [6, 6.07) is 10.4. The molecule has 0 radical (unpaired) electrons. The van der Waals surface area contributed by atoms with Crippen molar-refractivity contribution >= 4 is 5.97 Å². The van der Waals surface area contributed by atoms with E-state index in [2.05, 4.69) is 36.4 Å². The van der Waals surface area contributed by atoms with Crippen molar-refractivity contribution in [2.24, 2.45) is 5.92 Å². The van der Waals surface area contributed by atoms with Crippen molar-refractivity contribution in [3.63, 3.8) is 0 Å². The molecule has 3 aliphatic rings. The summed E-state index contributed by atoms with van der Waals surface area (Å²) >= 11 is 0. The summed E-state index contributed by atoms with van der Waals surface area (Å²) in [4.78, 5) is 12.0. The van der Waals surface area contributed by atoms with Gasteiger partial charge in [-0.05, 0) is 24.8 Å². The first-order valence-electron chi connectivity index (χ1n) is 6.99. The standard InChI is InChI=1S/C17H16O2/c18-17-14-10-13(11-4-2-1-3-5-11)7-6-12-8-9-15(19-17)16(12)14/h1-6,10,13,15-16H,7-9H2/t13-,15+,16+/m1/s1. The summed E-state index contributed by atoms with van der Waals surface area (Å²) in [5.41, 5.74) is 3.60. The average Bonchev–Trinajstić information content (AvgIpc) is 2.88. The molecule has 0 N–H and O–H groups in total. The molecule has 0 unspecified atom stereocenters. The van der Waals surface area contributed by atoms with E-state index in [4.69, 9.17) is 4.74 Å². The van der Waals surface area contributed by atoms with Crippen molar-refractivity contribution in [3.8, 4) is 0 Å². The van der Waals surface area contributed by atoms with E-state index in [0.29, 0.717) is 5.92 Å². The fraction of sp³-hybridized carbons (Fsp3) is 0.353. The number of benzene rings is 1. The van der Waals surface area contributed by atoms with Crippen molar-refractivity contribution in [1.29, 1.82) is 0 Å². The molecular weight excluding hydrogens is 236 g/mol. The number of carbonyl (C=O) groups excluding carboxylic acids is 1. The molecule has 1 aliphatic heterocycles. The molecular formula is C17H16O2. The Morgan fingerprint density at radius 3 is 2.84 bits per heavy atom. The molecule has 0 aromatic heterocycles. The maximum atomic E-state index is 12.0. The van der Waals surface area contributed by atoms with Crippen molar-refractivity contribution in [1.82, 2.24) is 0 Å². The van der Waals surface area contributed by atoms with Crippen LogP contribution in [0.15, 0.2) is 53.6 Å². The van der Waals surface area contributed by atoms with Crippen molar-refractivity contribution < 1.29 is 9.53 Å². The van der Waals surface area contributed by atoms with E-state index in [1.54, 1.807) is 0 Å². The van der Waals surface area contributed by atoms with Crippen LogP contribution in [0.3, 0.4) is 0 Å². The molecule has 3 atom stereocenters. The molecule has 1 aromatic carbocycles. The van der Waals surface area contributed by atoms with E-state index >= 15 is 0 Å². The molecule has 1 aromatic rings. The van der Waals surface area contributed by atoms with E-state index < -0.39 is 0 Å². The molecule has 2 fully saturated rings. The van der Waals surface area contributed by atoms with Gasteiger partial charge in [-0.15, -0.1) is 0 Å². The van der Waals surface area contributed by atoms with Gasteiger partial charge in [0.05, 0.1) is 0 Å². The lowest BCUT2D eigenvalue weighted by atomic mass is 9.92. The van der Waals surface area contributed by atoms with Gasteiger partial charge in [0.25, 0.3) is 0 Å². The molecule has 2 aliphatic carbocycles. The van der Waals surface area contributed by atoms with Crippen LogP contribution in [0.4, 0.5) is 0 Å². The summed E-state index contributed by atoms with van der Waals surface area (Å²) in [6.45, 7) is 0. The molecule has 1 saturated carbocycles. The van der Waals surface area contributed by atoms with Gasteiger partial charge in [0, 0.05) is 17.4 Å². The third-order valence-corrected chi connectivity index (χ3v) is 4.56. The van der Waals surface area contributed by atoms with Gasteiger partial charge in [0.1, 0.15) is 6.10 Å². The number of hydrogen-bond acceptors (Lipinski definition) is 2. The topological polar surface area (TPSA) is 26.3 Å². The van der Waals surface area contributed by atoms with Crippen molar-refractivity contribution in [2.45, 2.75) is 31.3 Å². The van der Waals surface area contributed by atoms with Gasteiger partial charge in [-0.1, -0.05) is 48.1 Å². The summed E-state index contributed by atoms with van der Waals surface area (Å²) in [5, 5.41) is 0. The largest absolute Gasteiger partial charge is 0.458 e. The van der Waals surface area contributed by atoms with Crippen molar-refractivity contribution in [2.75, 3.05) is 0 Å². The lowest BCUT2D eigenvalue weighted by molar-refractivity contribution is -0.138. The Labute approximate surface area is 112 Å². The Morgan fingerprint density at radius 1 is 1.16 bits per heavy atom. The van der Waals surface area contributed by atoms with E-state index in [1.807, 2.05) is 6.07 Å². The SMILES string of the molecule is O=C1O[C@H]2CCC3=CC[C@@H](c4ccccc4)C=C1[C@H]32. The third kappa shape index (κ3) is 1.66. The first-order valence-corrected chi connectivity index (χ1v) is 6.99. The number of allylic oxidation sites excluding steroid dienone is 2. The lowest BCUT2D eigenvalue weighted by Crippen LogP contribution is -2.08. The highest BCUT2D eigenvalue weighted by Gasteiger charge is 2.46. The van der Waals surface area contributed by atoms with Crippen LogP contribution in [0, 0.1) is 5.92 Å². The second-order valence-corrected chi connectivity index (χ2v) is 5.61. The second kappa shape index (κ2) is 4.09. The Kier molecular flexibility index (Phi) is 2.37. The maximum absolute atomic E-state index is 12.0. The molecule has 1 heterocycles. The maximum Gasteiger partial charge on any atom is 0.334 e. The Hall–Kier alpha value is -1.83. The summed E-state index contributed by atoms with van der Waals surface area (Å²) in [6.07, 6.45) is 7.68.